The third-order valence-electron chi connectivity index (χ3n) is 3.62. The molecule has 108 valence electrons. The third-order valence-corrected chi connectivity index (χ3v) is 3.62. The van der Waals surface area contributed by atoms with Crippen molar-refractivity contribution in [3.05, 3.63) is 23.7 Å². The highest BCUT2D eigenvalue weighted by Crippen LogP contribution is 2.20. The Bertz CT molecular complexity index is 344. The van der Waals surface area contributed by atoms with Crippen LogP contribution in [0.25, 0.3) is 0 Å². The van der Waals surface area contributed by atoms with Crippen LogP contribution in [0.3, 0.4) is 0 Å². The van der Waals surface area contributed by atoms with E-state index in [4.69, 9.17) is 9.15 Å². The molecule has 1 N–H and O–H groups in total. The smallest absolute Gasteiger partial charge is 0.133 e. The van der Waals surface area contributed by atoms with Crippen molar-refractivity contribution in [2.75, 3.05) is 6.61 Å². The third kappa shape index (κ3) is 5.79. The number of nitrogens with one attached hydrogen (secondary N) is 1. The zero-order valence-corrected chi connectivity index (χ0v) is 12.1. The quantitative estimate of drug-likeness (QED) is 0.614. The standard InChI is InChI=1S/C16H27NO2/c1-2-3-4-5-6-10-18-13-16-14(9-11-19-16)12-17-15-7-8-15/h9,11,15,17H,2-8,10,12-13H2,1H3. The van der Waals surface area contributed by atoms with Crippen molar-refractivity contribution in [2.24, 2.45) is 0 Å². The van der Waals surface area contributed by atoms with Crippen LogP contribution in [0.1, 0.15) is 63.2 Å². The summed E-state index contributed by atoms with van der Waals surface area (Å²) in [6, 6.07) is 2.79. The molecule has 1 aliphatic carbocycles. The van der Waals surface area contributed by atoms with Crippen molar-refractivity contribution in [3.63, 3.8) is 0 Å². The molecule has 1 fully saturated rings. The molecule has 1 aliphatic rings. The topological polar surface area (TPSA) is 34.4 Å². The van der Waals surface area contributed by atoms with E-state index in [1.807, 2.05) is 0 Å². The Morgan fingerprint density at radius 1 is 1.26 bits per heavy atom. The average molecular weight is 265 g/mol. The van der Waals surface area contributed by atoms with E-state index in [0.29, 0.717) is 6.61 Å². The molecule has 1 aromatic heterocycles. The van der Waals surface area contributed by atoms with Crippen molar-refractivity contribution in [2.45, 2.75) is 71.1 Å². The molecule has 0 unspecified atom stereocenters. The van der Waals surface area contributed by atoms with Crippen molar-refractivity contribution in [1.82, 2.24) is 5.32 Å². The number of furan rings is 1. The lowest BCUT2D eigenvalue weighted by molar-refractivity contribution is 0.102. The van der Waals surface area contributed by atoms with E-state index in [1.54, 1.807) is 6.26 Å². The van der Waals surface area contributed by atoms with Gasteiger partial charge in [-0.1, -0.05) is 32.6 Å². The molecule has 0 saturated heterocycles. The summed E-state index contributed by atoms with van der Waals surface area (Å²) in [6.45, 7) is 4.61. The number of ether oxygens (including phenoxy) is 1. The van der Waals surface area contributed by atoms with Gasteiger partial charge in [0.05, 0.1) is 6.26 Å². The molecule has 1 saturated carbocycles. The van der Waals surface area contributed by atoms with Gasteiger partial charge >= 0.3 is 0 Å². The molecule has 0 aliphatic heterocycles. The first-order valence-electron chi connectivity index (χ1n) is 7.76. The molecule has 0 radical (unpaired) electrons. The van der Waals surface area contributed by atoms with Gasteiger partial charge in [-0.25, -0.2) is 0 Å². The summed E-state index contributed by atoms with van der Waals surface area (Å²) in [5, 5.41) is 3.51. The highest BCUT2D eigenvalue weighted by Gasteiger charge is 2.20. The summed E-state index contributed by atoms with van der Waals surface area (Å²) >= 11 is 0. The molecule has 0 amide bonds. The number of hydrogen-bond acceptors (Lipinski definition) is 3. The Morgan fingerprint density at radius 2 is 2.11 bits per heavy atom. The lowest BCUT2D eigenvalue weighted by Gasteiger charge is -2.05. The van der Waals surface area contributed by atoms with Crippen LogP contribution in [0, 0.1) is 0 Å². The van der Waals surface area contributed by atoms with Gasteiger partial charge in [0.25, 0.3) is 0 Å². The summed E-state index contributed by atoms with van der Waals surface area (Å²) in [7, 11) is 0. The van der Waals surface area contributed by atoms with E-state index in [-0.39, 0.29) is 0 Å². The van der Waals surface area contributed by atoms with E-state index in [9.17, 15) is 0 Å². The second kappa shape index (κ2) is 8.39. The van der Waals surface area contributed by atoms with Gasteiger partial charge in [0.1, 0.15) is 12.4 Å². The van der Waals surface area contributed by atoms with Crippen LogP contribution in [0.5, 0.6) is 0 Å². The minimum atomic E-state index is 0.614. The second-order valence-electron chi connectivity index (χ2n) is 5.49. The summed E-state index contributed by atoms with van der Waals surface area (Å²) in [5.74, 6) is 0.988. The number of unbranched alkanes of at least 4 members (excludes halogenated alkanes) is 4. The van der Waals surface area contributed by atoms with Crippen LogP contribution < -0.4 is 5.32 Å². The zero-order valence-electron chi connectivity index (χ0n) is 12.1. The Labute approximate surface area is 116 Å². The van der Waals surface area contributed by atoms with Gasteiger partial charge in [0, 0.05) is 24.8 Å². The monoisotopic (exact) mass is 265 g/mol. The fourth-order valence-corrected chi connectivity index (χ4v) is 2.17. The molecule has 0 spiro atoms. The number of rotatable bonds is 11. The first-order valence-corrected chi connectivity index (χ1v) is 7.76. The lowest BCUT2D eigenvalue weighted by atomic mass is 10.2. The first-order chi connectivity index (χ1) is 9.40. The van der Waals surface area contributed by atoms with Crippen LogP contribution in [0.15, 0.2) is 16.7 Å². The minimum absolute atomic E-state index is 0.614. The second-order valence-corrected chi connectivity index (χ2v) is 5.49. The van der Waals surface area contributed by atoms with E-state index in [2.05, 4.69) is 18.3 Å². The van der Waals surface area contributed by atoms with Gasteiger partial charge in [0.15, 0.2) is 0 Å². The van der Waals surface area contributed by atoms with Gasteiger partial charge in [-0.2, -0.15) is 0 Å². The fourth-order valence-electron chi connectivity index (χ4n) is 2.17. The molecular weight excluding hydrogens is 238 g/mol. The van der Waals surface area contributed by atoms with Crippen LogP contribution >= 0.6 is 0 Å². The van der Waals surface area contributed by atoms with Crippen molar-refractivity contribution in [1.29, 1.82) is 0 Å². The summed E-state index contributed by atoms with van der Waals surface area (Å²) in [4.78, 5) is 0. The molecular formula is C16H27NO2. The Hall–Kier alpha value is -0.800. The molecule has 0 bridgehead atoms. The van der Waals surface area contributed by atoms with E-state index < -0.39 is 0 Å². The van der Waals surface area contributed by atoms with Gasteiger partial charge in [0.2, 0.25) is 0 Å². The molecule has 0 aromatic carbocycles. The normalized spacial score (nSPS) is 15.0. The molecule has 1 aromatic rings. The van der Waals surface area contributed by atoms with Gasteiger partial charge < -0.3 is 14.5 Å². The van der Waals surface area contributed by atoms with Crippen molar-refractivity contribution >= 4 is 0 Å². The van der Waals surface area contributed by atoms with Crippen LogP contribution in [-0.4, -0.2) is 12.6 Å². The Balaban J connectivity index is 1.55. The Morgan fingerprint density at radius 3 is 2.89 bits per heavy atom. The maximum absolute atomic E-state index is 5.70. The van der Waals surface area contributed by atoms with Crippen molar-refractivity contribution < 1.29 is 9.15 Å². The van der Waals surface area contributed by atoms with Gasteiger partial charge in [-0.05, 0) is 25.3 Å². The number of hydrogen-bond donors (Lipinski definition) is 1. The van der Waals surface area contributed by atoms with Crippen LogP contribution in [0.2, 0.25) is 0 Å². The Kier molecular flexibility index (Phi) is 6.45. The first kappa shape index (κ1) is 14.6. The molecule has 2 rings (SSSR count). The van der Waals surface area contributed by atoms with E-state index >= 15 is 0 Å². The van der Waals surface area contributed by atoms with E-state index in [0.717, 1.165) is 31.4 Å². The highest BCUT2D eigenvalue weighted by molar-refractivity contribution is 5.16. The predicted octanol–water partition coefficient (Wildman–Crippen LogP) is 4.02. The lowest BCUT2D eigenvalue weighted by Crippen LogP contribution is -2.15. The van der Waals surface area contributed by atoms with Gasteiger partial charge in [-0.3, -0.25) is 0 Å². The zero-order chi connectivity index (χ0) is 13.3. The molecule has 3 nitrogen and oxygen atoms in total. The maximum atomic E-state index is 5.70. The average Bonchev–Trinajstić information content (AvgIpc) is 3.15. The molecule has 1 heterocycles. The minimum Gasteiger partial charge on any atom is -0.467 e. The maximum Gasteiger partial charge on any atom is 0.133 e. The van der Waals surface area contributed by atoms with Crippen LogP contribution in [-0.2, 0) is 17.9 Å². The molecule has 3 heteroatoms. The molecule has 19 heavy (non-hydrogen) atoms. The summed E-state index contributed by atoms with van der Waals surface area (Å²) in [5.41, 5.74) is 1.25. The van der Waals surface area contributed by atoms with Gasteiger partial charge in [-0.15, -0.1) is 0 Å². The summed E-state index contributed by atoms with van der Waals surface area (Å²) in [6.07, 6.45) is 10.8. The molecule has 0 atom stereocenters. The largest absolute Gasteiger partial charge is 0.467 e. The van der Waals surface area contributed by atoms with E-state index in [1.165, 1.54) is 44.1 Å². The summed E-state index contributed by atoms with van der Waals surface area (Å²) < 4.78 is 11.2. The SMILES string of the molecule is CCCCCCCOCc1occc1CNC1CC1. The fraction of sp³-hybridized carbons (Fsp3) is 0.750. The predicted molar refractivity (Wildman–Crippen MR) is 77.0 cm³/mol. The highest BCUT2D eigenvalue weighted by atomic mass is 16.5. The van der Waals surface area contributed by atoms with Crippen LogP contribution in [0.4, 0.5) is 0 Å². The van der Waals surface area contributed by atoms with Crippen molar-refractivity contribution in [3.8, 4) is 0 Å².